The second-order valence-corrected chi connectivity index (χ2v) is 30.4. The van der Waals surface area contributed by atoms with Crippen molar-refractivity contribution in [2.75, 3.05) is 33.0 Å². The highest BCUT2D eigenvalue weighted by Crippen LogP contribution is 2.41. The van der Waals surface area contributed by atoms with Crippen LogP contribution in [0.25, 0.3) is 67.2 Å². The molecule has 0 amide bonds. The Bertz CT molecular complexity index is 3300. The zero-order valence-corrected chi connectivity index (χ0v) is 66.7. The summed E-state index contributed by atoms with van der Waals surface area (Å²) in [7, 11) is 0. The van der Waals surface area contributed by atoms with Gasteiger partial charge in [0.05, 0.1) is 55.5 Å². The van der Waals surface area contributed by atoms with Crippen LogP contribution in [0, 0.1) is 0 Å². The molecule has 0 fully saturated rings. The standard InChI is InChI=1S/C94H144N4O6/c1-6-11-16-21-26-31-36-37-42-43-48-53-68-99-84-64-60-78-73-82(59-58-79(78)74-84)93-97-98-94(104-93)83-61-65-85-86(75-83)96-92(81-63-67-88(101-70-55-50-45-39-33-28-23-18-13-8-3)90(77-81)103-72-57-52-47-41-35-30-25-20-15-10-5)91(95-85)80-62-66-87(100-69-54-49-44-38-32-27-22-17-12-7-2)89(76-80)102-71-56-51-46-40-34-29-24-19-14-9-4/h58-67,73-77H,6-57,68-72H2,1-5H3. The van der Waals surface area contributed by atoms with E-state index >= 15 is 0 Å². The van der Waals surface area contributed by atoms with Gasteiger partial charge in [-0.3, -0.25) is 0 Å². The SMILES string of the molecule is CCCCCCCCCCCCCCOc1ccc2cc(-c3nnc(-c4ccc5nc(-c6ccc(OCCCCCCCCCCCC)c(OCCCCCCCCCCCC)c6)c(-c6ccc(OCCCCCCCCCCCC)c(OCCCCCCCCCCCC)c6)nc5c4)o3)ccc2c1. The molecule has 7 rings (SSSR count). The van der Waals surface area contributed by atoms with Crippen molar-refractivity contribution in [1.29, 1.82) is 0 Å². The summed E-state index contributed by atoms with van der Waals surface area (Å²) in [6.07, 6.45) is 67.0. The molecule has 10 nitrogen and oxygen atoms in total. The summed E-state index contributed by atoms with van der Waals surface area (Å²) in [4.78, 5) is 11.1. The van der Waals surface area contributed by atoms with Crippen LogP contribution in [0.4, 0.5) is 0 Å². The first kappa shape index (κ1) is 85.1. The van der Waals surface area contributed by atoms with E-state index in [1.165, 1.54) is 289 Å². The first-order valence-corrected chi connectivity index (χ1v) is 43.6. The number of hydrogen-bond donors (Lipinski definition) is 0. The van der Waals surface area contributed by atoms with E-state index in [4.69, 9.17) is 38.1 Å². The van der Waals surface area contributed by atoms with Crippen molar-refractivity contribution in [2.45, 2.75) is 369 Å². The molecule has 0 atom stereocenters. The number of benzene rings is 5. The molecule has 5 aromatic carbocycles. The van der Waals surface area contributed by atoms with Gasteiger partial charge >= 0.3 is 0 Å². The van der Waals surface area contributed by atoms with Crippen molar-refractivity contribution in [3.05, 3.63) is 91.0 Å². The maximum absolute atomic E-state index is 6.83. The molecule has 0 aliphatic rings. The molecule has 0 aliphatic heterocycles. The number of ether oxygens (including phenoxy) is 5. The van der Waals surface area contributed by atoms with E-state index in [0.29, 0.717) is 43.7 Å². The molecule has 0 spiro atoms. The van der Waals surface area contributed by atoms with E-state index in [1.54, 1.807) is 0 Å². The molecule has 0 aliphatic carbocycles. The minimum atomic E-state index is 0.417. The lowest BCUT2D eigenvalue weighted by Crippen LogP contribution is -2.04. The predicted octanol–water partition coefficient (Wildman–Crippen LogP) is 30.1. The Morgan fingerprint density at radius 3 is 0.875 bits per heavy atom. The first-order valence-electron chi connectivity index (χ1n) is 43.6. The van der Waals surface area contributed by atoms with E-state index in [0.717, 1.165) is 130 Å². The average molecular weight is 1430 g/mol. The highest BCUT2D eigenvalue weighted by molar-refractivity contribution is 5.90. The Kier molecular flexibility index (Phi) is 45.2. The first-order chi connectivity index (χ1) is 51.5. The maximum atomic E-state index is 6.83. The molecule has 0 radical (unpaired) electrons. The van der Waals surface area contributed by atoms with Crippen LogP contribution in [0.15, 0.2) is 95.4 Å². The third-order valence-corrected chi connectivity index (χ3v) is 21.1. The molecule has 0 N–H and O–H groups in total. The van der Waals surface area contributed by atoms with Crippen LogP contribution in [0.2, 0.25) is 0 Å². The van der Waals surface area contributed by atoms with Crippen LogP contribution in [0.1, 0.15) is 369 Å². The average Bonchev–Trinajstić information content (AvgIpc) is 0.987. The fourth-order valence-corrected chi connectivity index (χ4v) is 14.5. The second kappa shape index (κ2) is 55.3. The van der Waals surface area contributed by atoms with Gasteiger partial charge in [0.15, 0.2) is 23.0 Å². The predicted molar refractivity (Wildman–Crippen MR) is 443 cm³/mol. The zero-order valence-electron chi connectivity index (χ0n) is 66.7. The molecule has 0 unspecified atom stereocenters. The Balaban J connectivity index is 1.12. The minimum absolute atomic E-state index is 0.417. The fourth-order valence-electron chi connectivity index (χ4n) is 14.5. The van der Waals surface area contributed by atoms with Crippen molar-refractivity contribution in [3.63, 3.8) is 0 Å². The Morgan fingerprint density at radius 1 is 0.231 bits per heavy atom. The monoisotopic (exact) mass is 1430 g/mol. The van der Waals surface area contributed by atoms with Crippen LogP contribution >= 0.6 is 0 Å². The molecule has 0 saturated heterocycles. The highest BCUT2D eigenvalue weighted by Gasteiger charge is 2.21. The topological polar surface area (TPSA) is 111 Å². The molecule has 104 heavy (non-hydrogen) atoms. The third kappa shape index (κ3) is 34.2. The van der Waals surface area contributed by atoms with Crippen molar-refractivity contribution >= 4 is 21.8 Å². The van der Waals surface area contributed by atoms with Crippen molar-refractivity contribution in [3.8, 4) is 74.2 Å². The molecule has 576 valence electrons. The van der Waals surface area contributed by atoms with Crippen LogP contribution in [0.5, 0.6) is 28.7 Å². The summed E-state index contributed by atoms with van der Waals surface area (Å²) >= 11 is 0. The molecule has 2 heterocycles. The number of hydrogen-bond acceptors (Lipinski definition) is 10. The van der Waals surface area contributed by atoms with E-state index in [9.17, 15) is 0 Å². The number of unbranched alkanes of at least 4 members (excludes halogenated alkanes) is 47. The summed E-state index contributed by atoms with van der Waals surface area (Å²) in [5, 5.41) is 11.5. The fraction of sp³-hybridized carbons (Fsp3) is 0.660. The molecular weight excluding hydrogens is 1280 g/mol. The maximum Gasteiger partial charge on any atom is 0.248 e. The Morgan fingerprint density at radius 2 is 0.510 bits per heavy atom. The van der Waals surface area contributed by atoms with Gasteiger partial charge in [-0.1, -0.05) is 349 Å². The quantitative estimate of drug-likeness (QED) is 0.0342. The summed E-state index contributed by atoms with van der Waals surface area (Å²) in [6, 6.07) is 31.5. The van der Waals surface area contributed by atoms with E-state index in [2.05, 4.69) is 118 Å². The normalized spacial score (nSPS) is 11.6. The third-order valence-electron chi connectivity index (χ3n) is 21.1. The van der Waals surface area contributed by atoms with Gasteiger partial charge in [0.25, 0.3) is 0 Å². The van der Waals surface area contributed by atoms with Gasteiger partial charge < -0.3 is 28.1 Å². The van der Waals surface area contributed by atoms with Crippen LogP contribution in [0.3, 0.4) is 0 Å². The zero-order chi connectivity index (χ0) is 72.8. The second-order valence-electron chi connectivity index (χ2n) is 30.4. The molecule has 2 aromatic heterocycles. The van der Waals surface area contributed by atoms with Crippen molar-refractivity contribution in [2.24, 2.45) is 0 Å². The molecule has 7 aromatic rings. The van der Waals surface area contributed by atoms with E-state index in [1.807, 2.05) is 18.2 Å². The lowest BCUT2D eigenvalue weighted by atomic mass is 10.0. The van der Waals surface area contributed by atoms with Gasteiger partial charge in [0.2, 0.25) is 11.8 Å². The molecule has 10 heteroatoms. The van der Waals surface area contributed by atoms with E-state index in [-0.39, 0.29) is 0 Å². The summed E-state index contributed by atoms with van der Waals surface area (Å²) in [5.74, 6) is 4.84. The van der Waals surface area contributed by atoms with Gasteiger partial charge in [0.1, 0.15) is 5.75 Å². The van der Waals surface area contributed by atoms with Gasteiger partial charge in [-0.25, -0.2) is 9.97 Å². The largest absolute Gasteiger partial charge is 0.494 e. The lowest BCUT2D eigenvalue weighted by Gasteiger charge is -2.17. The minimum Gasteiger partial charge on any atom is -0.494 e. The smallest absolute Gasteiger partial charge is 0.248 e. The van der Waals surface area contributed by atoms with Crippen LogP contribution in [-0.2, 0) is 0 Å². The number of rotatable bonds is 66. The summed E-state index contributed by atoms with van der Waals surface area (Å²) in [5.41, 5.74) is 6.39. The molecular formula is C94H144N4O6. The van der Waals surface area contributed by atoms with Gasteiger partial charge in [-0.05, 0) is 122 Å². The van der Waals surface area contributed by atoms with Crippen LogP contribution < -0.4 is 23.7 Å². The summed E-state index contributed by atoms with van der Waals surface area (Å²) in [6.45, 7) is 14.8. The Hall–Kier alpha value is -6.16. The van der Waals surface area contributed by atoms with Gasteiger partial charge in [-0.15, -0.1) is 10.2 Å². The number of aromatic nitrogens is 4. The van der Waals surface area contributed by atoms with E-state index < -0.39 is 0 Å². The molecule has 0 saturated carbocycles. The lowest BCUT2D eigenvalue weighted by molar-refractivity contribution is 0.258. The Labute approximate surface area is 633 Å². The van der Waals surface area contributed by atoms with Gasteiger partial charge in [0, 0.05) is 22.3 Å². The van der Waals surface area contributed by atoms with Gasteiger partial charge in [-0.2, -0.15) is 0 Å². The number of nitrogens with zero attached hydrogens (tertiary/aromatic N) is 4. The number of fused-ring (bicyclic) bond motifs is 2. The highest BCUT2D eigenvalue weighted by atomic mass is 16.5. The summed E-state index contributed by atoms with van der Waals surface area (Å²) < 4.78 is 39.8. The van der Waals surface area contributed by atoms with Crippen molar-refractivity contribution in [1.82, 2.24) is 20.2 Å². The van der Waals surface area contributed by atoms with Crippen LogP contribution in [-0.4, -0.2) is 53.2 Å². The molecule has 0 bridgehead atoms. The van der Waals surface area contributed by atoms with Crippen molar-refractivity contribution < 1.29 is 28.1 Å².